The van der Waals surface area contributed by atoms with Crippen LogP contribution in [0.1, 0.15) is 17.0 Å². The van der Waals surface area contributed by atoms with E-state index in [9.17, 15) is 4.79 Å². The maximum atomic E-state index is 10.6. The molecular weight excluding hydrogens is 234 g/mol. The fourth-order valence-electron chi connectivity index (χ4n) is 2.11. The van der Waals surface area contributed by atoms with Gasteiger partial charge in [-0.25, -0.2) is 0 Å². The van der Waals surface area contributed by atoms with Crippen molar-refractivity contribution in [2.75, 3.05) is 0 Å². The number of hydrogen-bond acceptors (Lipinski definition) is 1. The molecule has 2 aromatic rings. The Kier molecular flexibility index (Phi) is 3.34. The number of carbonyl (C=O) groups excluding carboxylic acids is 1. The summed E-state index contributed by atoms with van der Waals surface area (Å²) < 4.78 is 2.13. The van der Waals surface area contributed by atoms with Gasteiger partial charge in [0.1, 0.15) is 6.29 Å². The fraction of sp³-hybridized carbons (Fsp3) is 0.214. The topological polar surface area (TPSA) is 22.0 Å². The summed E-state index contributed by atoms with van der Waals surface area (Å²) in [6.45, 7) is 4.07. The van der Waals surface area contributed by atoms with E-state index in [4.69, 9.17) is 11.6 Å². The smallest absolute Gasteiger partial charge is 0.124 e. The van der Waals surface area contributed by atoms with Gasteiger partial charge in [-0.3, -0.25) is 0 Å². The first-order valence-electron chi connectivity index (χ1n) is 5.51. The molecule has 0 aliphatic heterocycles. The number of aromatic nitrogens is 1. The van der Waals surface area contributed by atoms with Crippen LogP contribution in [-0.4, -0.2) is 10.9 Å². The minimum atomic E-state index is 0.466. The van der Waals surface area contributed by atoms with Crippen LogP contribution in [0.4, 0.5) is 0 Å². The molecule has 2 nitrogen and oxygen atoms in total. The zero-order chi connectivity index (χ0) is 12.4. The molecule has 0 fully saturated rings. The van der Waals surface area contributed by atoms with E-state index in [0.717, 1.165) is 33.9 Å². The molecule has 88 valence electrons. The van der Waals surface area contributed by atoms with Gasteiger partial charge in [-0.2, -0.15) is 0 Å². The zero-order valence-corrected chi connectivity index (χ0v) is 10.7. The van der Waals surface area contributed by atoms with E-state index in [0.29, 0.717) is 6.42 Å². The van der Waals surface area contributed by atoms with Crippen LogP contribution in [0.15, 0.2) is 30.3 Å². The average Bonchev–Trinajstić information content (AvgIpc) is 2.57. The third-order valence-electron chi connectivity index (χ3n) is 2.92. The van der Waals surface area contributed by atoms with E-state index in [1.807, 2.05) is 38.1 Å². The quantitative estimate of drug-likeness (QED) is 0.761. The second kappa shape index (κ2) is 4.76. The monoisotopic (exact) mass is 247 g/mol. The molecule has 0 radical (unpaired) electrons. The van der Waals surface area contributed by atoms with Crippen molar-refractivity contribution in [1.82, 2.24) is 4.57 Å². The molecule has 0 aliphatic rings. The molecule has 0 atom stereocenters. The number of hydrogen-bond donors (Lipinski definition) is 0. The molecule has 1 aromatic carbocycles. The SMILES string of the molecule is Cc1cc(CC=O)c(C)n1-c1ccc(Cl)cc1. The van der Waals surface area contributed by atoms with Crippen LogP contribution < -0.4 is 0 Å². The van der Waals surface area contributed by atoms with Gasteiger partial charge in [-0.05, 0) is 49.7 Å². The van der Waals surface area contributed by atoms with Gasteiger partial charge in [-0.1, -0.05) is 11.6 Å². The van der Waals surface area contributed by atoms with Crippen LogP contribution in [0.25, 0.3) is 5.69 Å². The van der Waals surface area contributed by atoms with Crippen LogP contribution in [0, 0.1) is 13.8 Å². The van der Waals surface area contributed by atoms with Crippen molar-refractivity contribution in [2.45, 2.75) is 20.3 Å². The van der Waals surface area contributed by atoms with Crippen molar-refractivity contribution in [3.05, 3.63) is 52.3 Å². The van der Waals surface area contributed by atoms with Gasteiger partial charge in [-0.15, -0.1) is 0 Å². The lowest BCUT2D eigenvalue weighted by Gasteiger charge is -2.09. The molecule has 0 amide bonds. The molecule has 0 aliphatic carbocycles. The van der Waals surface area contributed by atoms with E-state index in [1.54, 1.807) is 0 Å². The molecule has 0 unspecified atom stereocenters. The van der Waals surface area contributed by atoms with E-state index in [1.165, 1.54) is 0 Å². The lowest BCUT2D eigenvalue weighted by atomic mass is 10.2. The van der Waals surface area contributed by atoms with Gasteiger partial charge >= 0.3 is 0 Å². The number of nitrogens with zero attached hydrogens (tertiary/aromatic N) is 1. The van der Waals surface area contributed by atoms with Gasteiger partial charge in [0.05, 0.1) is 0 Å². The molecule has 3 heteroatoms. The van der Waals surface area contributed by atoms with Gasteiger partial charge in [0.15, 0.2) is 0 Å². The van der Waals surface area contributed by atoms with Crippen molar-refractivity contribution in [2.24, 2.45) is 0 Å². The summed E-state index contributed by atoms with van der Waals surface area (Å²) in [5, 5.41) is 0.726. The first-order chi connectivity index (χ1) is 8.13. The van der Waals surface area contributed by atoms with Crippen LogP contribution in [0.2, 0.25) is 5.02 Å². The molecule has 1 heterocycles. The summed E-state index contributed by atoms with van der Waals surface area (Å²) in [6, 6.07) is 9.75. The number of carbonyl (C=O) groups is 1. The van der Waals surface area contributed by atoms with Crippen LogP contribution in [0.5, 0.6) is 0 Å². The van der Waals surface area contributed by atoms with Crippen molar-refractivity contribution >= 4 is 17.9 Å². The largest absolute Gasteiger partial charge is 0.318 e. The van der Waals surface area contributed by atoms with Gasteiger partial charge in [0, 0.05) is 28.5 Å². The first kappa shape index (κ1) is 11.9. The Hall–Kier alpha value is -1.54. The lowest BCUT2D eigenvalue weighted by molar-refractivity contribution is -0.107. The average molecular weight is 248 g/mol. The van der Waals surface area contributed by atoms with Crippen LogP contribution in [0.3, 0.4) is 0 Å². The van der Waals surface area contributed by atoms with E-state index < -0.39 is 0 Å². The number of aldehydes is 1. The first-order valence-corrected chi connectivity index (χ1v) is 5.88. The van der Waals surface area contributed by atoms with E-state index in [-0.39, 0.29) is 0 Å². The summed E-state index contributed by atoms with van der Waals surface area (Å²) in [4.78, 5) is 10.6. The third-order valence-corrected chi connectivity index (χ3v) is 3.18. The van der Waals surface area contributed by atoms with Crippen molar-refractivity contribution in [3.8, 4) is 5.69 Å². The predicted octanol–water partition coefficient (Wildman–Crippen LogP) is 3.49. The zero-order valence-electron chi connectivity index (χ0n) is 9.90. The molecule has 0 bridgehead atoms. The Morgan fingerprint density at radius 3 is 2.47 bits per heavy atom. The van der Waals surface area contributed by atoms with E-state index in [2.05, 4.69) is 10.6 Å². The molecule has 0 saturated carbocycles. The molecule has 0 spiro atoms. The maximum Gasteiger partial charge on any atom is 0.124 e. The summed E-state index contributed by atoms with van der Waals surface area (Å²) in [5.74, 6) is 0. The number of benzene rings is 1. The number of halogens is 1. The van der Waals surface area contributed by atoms with Crippen LogP contribution in [-0.2, 0) is 11.2 Å². The van der Waals surface area contributed by atoms with Gasteiger partial charge in [0.25, 0.3) is 0 Å². The normalized spacial score (nSPS) is 10.5. The Labute approximate surface area is 106 Å². The highest BCUT2D eigenvalue weighted by Gasteiger charge is 2.09. The molecule has 0 saturated heterocycles. The number of rotatable bonds is 3. The lowest BCUT2D eigenvalue weighted by Crippen LogP contribution is -1.99. The molecule has 1 aromatic heterocycles. The second-order valence-corrected chi connectivity index (χ2v) is 4.52. The van der Waals surface area contributed by atoms with E-state index >= 15 is 0 Å². The number of aryl methyl sites for hydroxylation is 1. The van der Waals surface area contributed by atoms with Crippen molar-refractivity contribution < 1.29 is 4.79 Å². The highest BCUT2D eigenvalue weighted by atomic mass is 35.5. The van der Waals surface area contributed by atoms with Gasteiger partial charge < -0.3 is 9.36 Å². The summed E-state index contributed by atoms with van der Waals surface area (Å²) in [5.41, 5.74) is 4.38. The highest BCUT2D eigenvalue weighted by Crippen LogP contribution is 2.22. The Morgan fingerprint density at radius 1 is 1.24 bits per heavy atom. The standard InChI is InChI=1S/C14H14ClNO/c1-10-9-12(7-8-17)11(2)16(10)14-5-3-13(15)4-6-14/h3-6,8-9H,7H2,1-2H3. The minimum absolute atomic E-state index is 0.466. The molecule has 0 N–H and O–H groups in total. The van der Waals surface area contributed by atoms with Crippen LogP contribution >= 0.6 is 11.6 Å². The molecular formula is C14H14ClNO. The van der Waals surface area contributed by atoms with Gasteiger partial charge in [0.2, 0.25) is 0 Å². The fourth-order valence-corrected chi connectivity index (χ4v) is 2.24. The summed E-state index contributed by atoms with van der Waals surface area (Å²) >= 11 is 5.88. The second-order valence-electron chi connectivity index (χ2n) is 4.08. The Morgan fingerprint density at radius 2 is 1.88 bits per heavy atom. The van der Waals surface area contributed by atoms with Crippen molar-refractivity contribution in [1.29, 1.82) is 0 Å². The van der Waals surface area contributed by atoms with Crippen molar-refractivity contribution in [3.63, 3.8) is 0 Å². The Bertz CT molecular complexity index is 540. The predicted molar refractivity (Wildman–Crippen MR) is 70.0 cm³/mol. The summed E-state index contributed by atoms with van der Waals surface area (Å²) in [7, 11) is 0. The minimum Gasteiger partial charge on any atom is -0.318 e. The molecule has 2 rings (SSSR count). The highest BCUT2D eigenvalue weighted by molar-refractivity contribution is 6.30. The summed E-state index contributed by atoms with van der Waals surface area (Å²) in [6.07, 6.45) is 1.40. The third kappa shape index (κ3) is 2.27. The maximum absolute atomic E-state index is 10.6. The Balaban J connectivity index is 2.51. The molecule has 17 heavy (non-hydrogen) atoms.